The van der Waals surface area contributed by atoms with Crippen LogP contribution in [0.4, 0.5) is 0 Å². The van der Waals surface area contributed by atoms with Gasteiger partial charge in [0.05, 0.1) is 25.9 Å². The smallest absolute Gasteiger partial charge is 0.245 e. The lowest BCUT2D eigenvalue weighted by Gasteiger charge is -2.30. The van der Waals surface area contributed by atoms with E-state index in [1.54, 1.807) is 7.11 Å². The van der Waals surface area contributed by atoms with Gasteiger partial charge in [0.15, 0.2) is 5.82 Å². The molecule has 2 aliphatic rings. The summed E-state index contributed by atoms with van der Waals surface area (Å²) in [6, 6.07) is 7.45. The maximum Gasteiger partial charge on any atom is 0.245 e. The fourth-order valence-electron chi connectivity index (χ4n) is 3.46. The Morgan fingerprint density at radius 2 is 2.04 bits per heavy atom. The summed E-state index contributed by atoms with van der Waals surface area (Å²) in [4.78, 5) is 14.8. The zero-order chi connectivity index (χ0) is 16.5. The van der Waals surface area contributed by atoms with Crippen molar-refractivity contribution < 1.29 is 14.3 Å². The van der Waals surface area contributed by atoms with E-state index in [1.165, 1.54) is 0 Å². The van der Waals surface area contributed by atoms with Crippen LogP contribution in [-0.4, -0.2) is 59.0 Å². The van der Waals surface area contributed by atoms with Gasteiger partial charge in [-0.15, -0.1) is 10.2 Å². The largest absolute Gasteiger partial charge is 0.496 e. The van der Waals surface area contributed by atoms with Crippen LogP contribution in [0.15, 0.2) is 24.3 Å². The maximum absolute atomic E-state index is 13.0. The molecule has 126 valence electrons. The van der Waals surface area contributed by atoms with Crippen LogP contribution in [0, 0.1) is 0 Å². The molecule has 0 aliphatic carbocycles. The van der Waals surface area contributed by atoms with Crippen LogP contribution in [0.1, 0.15) is 18.3 Å². The molecule has 7 nitrogen and oxygen atoms in total. The van der Waals surface area contributed by atoms with Crippen molar-refractivity contribution in [3.63, 3.8) is 0 Å². The summed E-state index contributed by atoms with van der Waals surface area (Å²) >= 11 is 0. The van der Waals surface area contributed by atoms with Crippen molar-refractivity contribution >= 4 is 5.91 Å². The third kappa shape index (κ3) is 2.45. The van der Waals surface area contributed by atoms with Crippen molar-refractivity contribution in [1.82, 2.24) is 19.7 Å². The van der Waals surface area contributed by atoms with Gasteiger partial charge in [-0.05, 0) is 18.6 Å². The van der Waals surface area contributed by atoms with Crippen LogP contribution in [-0.2, 0) is 16.0 Å². The van der Waals surface area contributed by atoms with Gasteiger partial charge in [-0.25, -0.2) is 0 Å². The lowest BCUT2D eigenvalue weighted by Crippen LogP contribution is -2.43. The number of para-hydroxylation sites is 1. The lowest BCUT2D eigenvalue weighted by atomic mass is 10.1. The number of benzene rings is 1. The minimum absolute atomic E-state index is 0.132. The van der Waals surface area contributed by atoms with Gasteiger partial charge in [0.1, 0.15) is 17.6 Å². The fraction of sp³-hybridized carbons (Fsp3) is 0.471. The Morgan fingerprint density at radius 3 is 2.83 bits per heavy atom. The fourth-order valence-corrected chi connectivity index (χ4v) is 3.46. The Kier molecular flexibility index (Phi) is 3.93. The number of carbonyl (C=O) groups is 1. The van der Waals surface area contributed by atoms with E-state index in [9.17, 15) is 4.79 Å². The van der Waals surface area contributed by atoms with E-state index in [4.69, 9.17) is 9.47 Å². The zero-order valence-corrected chi connectivity index (χ0v) is 13.6. The van der Waals surface area contributed by atoms with E-state index in [0.717, 1.165) is 30.0 Å². The maximum atomic E-state index is 13.0. The minimum atomic E-state index is -0.243. The van der Waals surface area contributed by atoms with E-state index < -0.39 is 0 Å². The van der Waals surface area contributed by atoms with Gasteiger partial charge >= 0.3 is 0 Å². The normalized spacial score (nSPS) is 20.0. The van der Waals surface area contributed by atoms with E-state index >= 15 is 0 Å². The first-order valence-electron chi connectivity index (χ1n) is 8.23. The Hall–Kier alpha value is -2.41. The van der Waals surface area contributed by atoms with Gasteiger partial charge in [0.25, 0.3) is 0 Å². The second-order valence-electron chi connectivity index (χ2n) is 6.00. The molecular formula is C17H20N4O3. The quantitative estimate of drug-likeness (QED) is 0.849. The highest BCUT2D eigenvalue weighted by molar-refractivity contribution is 5.82. The van der Waals surface area contributed by atoms with Gasteiger partial charge in [-0.1, -0.05) is 12.1 Å². The molecule has 0 spiro atoms. The number of carbonyl (C=O) groups excluding carboxylic acids is 1. The van der Waals surface area contributed by atoms with Gasteiger partial charge < -0.3 is 14.4 Å². The molecule has 2 aromatic rings. The van der Waals surface area contributed by atoms with Crippen LogP contribution < -0.4 is 4.74 Å². The molecule has 0 radical (unpaired) electrons. The summed E-state index contributed by atoms with van der Waals surface area (Å²) in [7, 11) is 1.64. The molecule has 1 unspecified atom stereocenters. The summed E-state index contributed by atoms with van der Waals surface area (Å²) in [5.41, 5.74) is 0.862. The molecule has 1 saturated heterocycles. The number of aryl methyl sites for hydroxylation is 1. The highest BCUT2D eigenvalue weighted by Crippen LogP contribution is 2.35. The predicted octanol–water partition coefficient (Wildman–Crippen LogP) is 1.30. The molecular weight excluding hydrogens is 308 g/mol. The first-order valence-corrected chi connectivity index (χ1v) is 8.23. The average Bonchev–Trinajstić information content (AvgIpc) is 3.24. The van der Waals surface area contributed by atoms with Crippen molar-refractivity contribution in [3.05, 3.63) is 30.1 Å². The van der Waals surface area contributed by atoms with Crippen LogP contribution in [0.2, 0.25) is 0 Å². The van der Waals surface area contributed by atoms with Gasteiger partial charge in [-0.2, -0.15) is 0 Å². The molecule has 0 saturated carbocycles. The Labute approximate surface area is 140 Å². The summed E-state index contributed by atoms with van der Waals surface area (Å²) in [5, 5.41) is 8.62. The van der Waals surface area contributed by atoms with Crippen LogP contribution >= 0.6 is 0 Å². The molecule has 7 heteroatoms. The van der Waals surface area contributed by atoms with Gasteiger partial charge in [0, 0.05) is 19.5 Å². The topological polar surface area (TPSA) is 69.5 Å². The van der Waals surface area contributed by atoms with Crippen LogP contribution in [0.25, 0.3) is 11.4 Å². The number of morpholine rings is 1. The monoisotopic (exact) mass is 328 g/mol. The van der Waals surface area contributed by atoms with E-state index in [0.29, 0.717) is 32.1 Å². The van der Waals surface area contributed by atoms with E-state index in [2.05, 4.69) is 10.2 Å². The molecule has 0 N–H and O–H groups in total. The average molecular weight is 328 g/mol. The molecule has 1 fully saturated rings. The van der Waals surface area contributed by atoms with E-state index in [1.807, 2.05) is 33.7 Å². The minimum Gasteiger partial charge on any atom is -0.496 e. The SMILES string of the molecule is COc1ccccc1-c1nnc2n1C(C(=O)N1CCOCC1)CC2. The Morgan fingerprint density at radius 1 is 1.25 bits per heavy atom. The van der Waals surface area contributed by atoms with Gasteiger partial charge in [0.2, 0.25) is 5.91 Å². The molecule has 2 aliphatic heterocycles. The van der Waals surface area contributed by atoms with Gasteiger partial charge in [-0.3, -0.25) is 9.36 Å². The molecule has 3 heterocycles. The number of amides is 1. The number of methoxy groups -OCH3 is 1. The number of rotatable bonds is 3. The number of aromatic nitrogens is 3. The number of hydrogen-bond acceptors (Lipinski definition) is 5. The Bertz CT molecular complexity index is 752. The zero-order valence-electron chi connectivity index (χ0n) is 13.6. The first-order chi connectivity index (χ1) is 11.8. The predicted molar refractivity (Wildman–Crippen MR) is 86.8 cm³/mol. The molecule has 0 bridgehead atoms. The highest BCUT2D eigenvalue weighted by Gasteiger charge is 2.36. The summed E-state index contributed by atoms with van der Waals surface area (Å²) in [5.74, 6) is 2.43. The number of nitrogens with zero attached hydrogens (tertiary/aromatic N) is 4. The third-order valence-corrected chi connectivity index (χ3v) is 4.68. The van der Waals surface area contributed by atoms with Crippen molar-refractivity contribution in [2.45, 2.75) is 18.9 Å². The van der Waals surface area contributed by atoms with Crippen LogP contribution in [0.3, 0.4) is 0 Å². The Balaban J connectivity index is 1.70. The molecule has 1 aromatic carbocycles. The summed E-state index contributed by atoms with van der Waals surface area (Å²) < 4.78 is 12.8. The third-order valence-electron chi connectivity index (χ3n) is 4.68. The van der Waals surface area contributed by atoms with Crippen molar-refractivity contribution in [3.8, 4) is 17.1 Å². The van der Waals surface area contributed by atoms with E-state index in [-0.39, 0.29) is 11.9 Å². The molecule has 4 rings (SSSR count). The second-order valence-corrected chi connectivity index (χ2v) is 6.00. The van der Waals surface area contributed by atoms with Crippen molar-refractivity contribution in [2.24, 2.45) is 0 Å². The standard InChI is InChI=1S/C17H20N4O3/c1-23-14-5-3-2-4-12(14)16-19-18-15-7-6-13(21(15)16)17(22)20-8-10-24-11-9-20/h2-5,13H,6-11H2,1H3. The molecule has 1 atom stereocenters. The number of ether oxygens (including phenoxy) is 2. The number of hydrogen-bond donors (Lipinski definition) is 0. The summed E-state index contributed by atoms with van der Waals surface area (Å²) in [6.45, 7) is 2.51. The first kappa shape index (κ1) is 15.1. The molecule has 1 amide bonds. The van der Waals surface area contributed by atoms with Crippen molar-refractivity contribution in [2.75, 3.05) is 33.4 Å². The molecule has 1 aromatic heterocycles. The molecule has 24 heavy (non-hydrogen) atoms. The number of fused-ring (bicyclic) bond motifs is 1. The van der Waals surface area contributed by atoms with Crippen LogP contribution in [0.5, 0.6) is 5.75 Å². The van der Waals surface area contributed by atoms with Crippen molar-refractivity contribution in [1.29, 1.82) is 0 Å². The lowest BCUT2D eigenvalue weighted by molar-refractivity contribution is -0.138. The highest BCUT2D eigenvalue weighted by atomic mass is 16.5. The summed E-state index contributed by atoms with van der Waals surface area (Å²) in [6.07, 6.45) is 1.53. The second kappa shape index (κ2) is 6.24.